The topological polar surface area (TPSA) is 74.6 Å². The van der Waals surface area contributed by atoms with E-state index in [2.05, 4.69) is 19.1 Å². The lowest BCUT2D eigenvalue weighted by Gasteiger charge is -2.29. The lowest BCUT2D eigenvalue weighted by Crippen LogP contribution is -2.28. The Morgan fingerprint density at radius 2 is 1.58 bits per heavy atom. The highest BCUT2D eigenvalue weighted by Gasteiger charge is 2.31. The molecule has 0 amide bonds. The van der Waals surface area contributed by atoms with Crippen molar-refractivity contribution >= 4 is 11.9 Å². The second kappa shape index (κ2) is 12.1. The number of rotatable bonds is 13. The minimum atomic E-state index is -0.722. The third-order valence-electron chi connectivity index (χ3n) is 5.13. The van der Waals surface area contributed by atoms with Crippen molar-refractivity contribution < 1.29 is 19.8 Å². The Hall–Kier alpha value is -1.32. The molecule has 4 heteroatoms. The van der Waals surface area contributed by atoms with E-state index in [1.54, 1.807) is 0 Å². The van der Waals surface area contributed by atoms with Crippen LogP contribution in [0.3, 0.4) is 0 Å². The summed E-state index contributed by atoms with van der Waals surface area (Å²) in [6.07, 6.45) is 16.0. The zero-order chi connectivity index (χ0) is 17.8. The number of aliphatic carboxylic acids is 2. The minimum Gasteiger partial charge on any atom is -0.481 e. The van der Waals surface area contributed by atoms with Gasteiger partial charge in [-0.25, -0.2) is 0 Å². The zero-order valence-corrected chi connectivity index (χ0v) is 15.1. The smallest absolute Gasteiger partial charge is 0.307 e. The first-order valence-electron chi connectivity index (χ1n) is 9.67. The van der Waals surface area contributed by atoms with Crippen LogP contribution in [0.25, 0.3) is 0 Å². The number of unbranched alkanes of at least 4 members (excludes halogenated alkanes) is 6. The van der Waals surface area contributed by atoms with Gasteiger partial charge in [0, 0.05) is 6.42 Å². The summed E-state index contributed by atoms with van der Waals surface area (Å²) in [5.41, 5.74) is 0. The molecule has 3 unspecified atom stereocenters. The SMILES string of the molecule is CCCCCC1C=CC(CCCCCCCC(=O)O)C(C(=O)O)C1. The van der Waals surface area contributed by atoms with E-state index in [9.17, 15) is 14.7 Å². The van der Waals surface area contributed by atoms with Crippen LogP contribution >= 0.6 is 0 Å². The molecule has 138 valence electrons. The van der Waals surface area contributed by atoms with Crippen LogP contribution in [0.2, 0.25) is 0 Å². The van der Waals surface area contributed by atoms with Gasteiger partial charge in [0.1, 0.15) is 0 Å². The van der Waals surface area contributed by atoms with Gasteiger partial charge in [-0.2, -0.15) is 0 Å². The lowest BCUT2D eigenvalue weighted by atomic mass is 9.75. The molecular weight excluding hydrogens is 304 g/mol. The van der Waals surface area contributed by atoms with E-state index < -0.39 is 11.9 Å². The second-order valence-electron chi connectivity index (χ2n) is 7.19. The summed E-state index contributed by atoms with van der Waals surface area (Å²) in [5, 5.41) is 18.1. The Bertz CT molecular complexity index is 402. The van der Waals surface area contributed by atoms with Gasteiger partial charge in [0.25, 0.3) is 0 Å². The highest BCUT2D eigenvalue weighted by Crippen LogP contribution is 2.34. The molecule has 0 aromatic rings. The molecule has 3 atom stereocenters. The van der Waals surface area contributed by atoms with Crippen molar-refractivity contribution in [2.45, 2.75) is 84.0 Å². The average molecular weight is 338 g/mol. The number of hydrogen-bond acceptors (Lipinski definition) is 2. The van der Waals surface area contributed by atoms with Crippen LogP contribution in [0, 0.1) is 17.8 Å². The largest absolute Gasteiger partial charge is 0.481 e. The molecule has 1 aliphatic rings. The fourth-order valence-electron chi connectivity index (χ4n) is 3.65. The van der Waals surface area contributed by atoms with Gasteiger partial charge in [-0.1, -0.05) is 64.0 Å². The third-order valence-corrected chi connectivity index (χ3v) is 5.13. The highest BCUT2D eigenvalue weighted by molar-refractivity contribution is 5.71. The number of hydrogen-bond donors (Lipinski definition) is 2. The van der Waals surface area contributed by atoms with Gasteiger partial charge < -0.3 is 10.2 Å². The summed E-state index contributed by atoms with van der Waals surface area (Å²) in [6, 6.07) is 0. The standard InChI is InChI=1S/C20H34O4/c1-2-3-7-10-16-13-14-17(18(15-16)20(23)24)11-8-5-4-6-9-12-19(21)22/h13-14,16-18H,2-12,15H2,1H3,(H,21,22)(H,23,24). The number of carboxylic acid groups (broad SMARTS) is 2. The Morgan fingerprint density at radius 1 is 0.917 bits per heavy atom. The van der Waals surface area contributed by atoms with Crippen LogP contribution in [0.15, 0.2) is 12.2 Å². The molecule has 0 aromatic heterocycles. The first-order valence-corrected chi connectivity index (χ1v) is 9.67. The van der Waals surface area contributed by atoms with Crippen molar-refractivity contribution in [3.63, 3.8) is 0 Å². The molecule has 0 saturated carbocycles. The second-order valence-corrected chi connectivity index (χ2v) is 7.19. The molecule has 0 heterocycles. The van der Waals surface area contributed by atoms with Gasteiger partial charge in [-0.05, 0) is 37.5 Å². The molecule has 1 aliphatic carbocycles. The van der Waals surface area contributed by atoms with Gasteiger partial charge in [-0.15, -0.1) is 0 Å². The molecule has 0 aliphatic heterocycles. The molecular formula is C20H34O4. The van der Waals surface area contributed by atoms with E-state index in [0.717, 1.165) is 51.4 Å². The molecule has 0 saturated heterocycles. The Balaban J connectivity index is 2.28. The van der Waals surface area contributed by atoms with E-state index in [-0.39, 0.29) is 18.3 Å². The maximum Gasteiger partial charge on any atom is 0.307 e. The first kappa shape index (κ1) is 20.7. The van der Waals surface area contributed by atoms with E-state index >= 15 is 0 Å². The molecule has 0 bridgehead atoms. The fraction of sp³-hybridized carbons (Fsp3) is 0.800. The van der Waals surface area contributed by atoms with Crippen molar-refractivity contribution in [1.29, 1.82) is 0 Å². The normalized spacial score (nSPS) is 23.3. The van der Waals surface area contributed by atoms with E-state index in [1.165, 1.54) is 19.3 Å². The Morgan fingerprint density at radius 3 is 2.25 bits per heavy atom. The summed E-state index contributed by atoms with van der Waals surface area (Å²) in [7, 11) is 0. The van der Waals surface area contributed by atoms with Gasteiger partial charge in [0.15, 0.2) is 0 Å². The van der Waals surface area contributed by atoms with Gasteiger partial charge >= 0.3 is 11.9 Å². The van der Waals surface area contributed by atoms with Crippen LogP contribution in [-0.4, -0.2) is 22.2 Å². The van der Waals surface area contributed by atoms with E-state index in [1.807, 2.05) is 0 Å². The maximum atomic E-state index is 11.6. The van der Waals surface area contributed by atoms with Crippen molar-refractivity contribution in [3.05, 3.63) is 12.2 Å². The van der Waals surface area contributed by atoms with Crippen LogP contribution in [0.1, 0.15) is 84.0 Å². The summed E-state index contributed by atoms with van der Waals surface area (Å²) in [5.74, 6) is -0.992. The molecule has 4 nitrogen and oxygen atoms in total. The maximum absolute atomic E-state index is 11.6. The highest BCUT2D eigenvalue weighted by atomic mass is 16.4. The lowest BCUT2D eigenvalue weighted by molar-refractivity contribution is -0.144. The third kappa shape index (κ3) is 8.51. The van der Waals surface area contributed by atoms with Gasteiger partial charge in [-0.3, -0.25) is 9.59 Å². The molecule has 0 radical (unpaired) electrons. The molecule has 0 fully saturated rings. The van der Waals surface area contributed by atoms with Crippen molar-refractivity contribution in [1.82, 2.24) is 0 Å². The van der Waals surface area contributed by atoms with Crippen molar-refractivity contribution in [2.75, 3.05) is 0 Å². The van der Waals surface area contributed by atoms with E-state index in [4.69, 9.17) is 5.11 Å². The summed E-state index contributed by atoms with van der Waals surface area (Å²) in [4.78, 5) is 22.0. The number of carbonyl (C=O) groups is 2. The number of allylic oxidation sites excluding steroid dienone is 2. The average Bonchev–Trinajstić information content (AvgIpc) is 2.54. The number of carboxylic acids is 2. The molecule has 2 N–H and O–H groups in total. The summed E-state index contributed by atoms with van der Waals surface area (Å²) in [6.45, 7) is 2.19. The predicted octanol–water partition coefficient (Wildman–Crippen LogP) is 5.28. The molecule has 24 heavy (non-hydrogen) atoms. The van der Waals surface area contributed by atoms with E-state index in [0.29, 0.717) is 5.92 Å². The molecule has 1 rings (SSSR count). The fourth-order valence-corrected chi connectivity index (χ4v) is 3.65. The quantitative estimate of drug-likeness (QED) is 0.354. The predicted molar refractivity (Wildman–Crippen MR) is 96.0 cm³/mol. The van der Waals surface area contributed by atoms with Gasteiger partial charge in [0.05, 0.1) is 5.92 Å². The van der Waals surface area contributed by atoms with Crippen molar-refractivity contribution in [2.24, 2.45) is 17.8 Å². The van der Waals surface area contributed by atoms with Crippen LogP contribution < -0.4 is 0 Å². The van der Waals surface area contributed by atoms with Crippen LogP contribution in [0.5, 0.6) is 0 Å². The Kier molecular flexibility index (Phi) is 10.4. The minimum absolute atomic E-state index is 0.170. The van der Waals surface area contributed by atoms with Crippen LogP contribution in [0.4, 0.5) is 0 Å². The van der Waals surface area contributed by atoms with Crippen LogP contribution in [-0.2, 0) is 9.59 Å². The van der Waals surface area contributed by atoms with Gasteiger partial charge in [0.2, 0.25) is 0 Å². The zero-order valence-electron chi connectivity index (χ0n) is 15.1. The Labute approximate surface area is 146 Å². The summed E-state index contributed by atoms with van der Waals surface area (Å²) >= 11 is 0. The monoisotopic (exact) mass is 338 g/mol. The molecule has 0 spiro atoms. The summed E-state index contributed by atoms with van der Waals surface area (Å²) < 4.78 is 0. The van der Waals surface area contributed by atoms with Crippen molar-refractivity contribution in [3.8, 4) is 0 Å². The first-order chi connectivity index (χ1) is 11.5. The molecule has 0 aromatic carbocycles.